The number of aliphatic hydroxyl groups excluding tert-OH is 1. The summed E-state index contributed by atoms with van der Waals surface area (Å²) in [6.07, 6.45) is 5.22. The maximum Gasteiger partial charge on any atom is 0.407 e. The molecule has 1 saturated heterocycles. The van der Waals surface area contributed by atoms with E-state index in [0.717, 1.165) is 61.8 Å². The summed E-state index contributed by atoms with van der Waals surface area (Å²) in [6, 6.07) is 5.19. The van der Waals surface area contributed by atoms with Gasteiger partial charge in [0.15, 0.2) is 0 Å². The number of carboxylic acid groups (broad SMARTS) is 1. The minimum absolute atomic E-state index is 0.0157. The molecule has 1 heterocycles. The average molecular weight is 529 g/mol. The molecule has 5 atom stereocenters. The summed E-state index contributed by atoms with van der Waals surface area (Å²) in [5.74, 6) is -1.37. The lowest BCUT2D eigenvalue weighted by molar-refractivity contribution is -0.143. The number of likely N-dealkylation sites (tertiary alicyclic amines) is 1. The molecule has 2 aliphatic carbocycles. The van der Waals surface area contributed by atoms with E-state index in [4.69, 9.17) is 0 Å². The van der Waals surface area contributed by atoms with Gasteiger partial charge < -0.3 is 25.7 Å². The molecule has 1 aliphatic heterocycles. The van der Waals surface area contributed by atoms with Crippen LogP contribution in [-0.2, 0) is 20.8 Å². The molecule has 38 heavy (non-hydrogen) atoms. The fraction of sp³-hybridized carbons (Fsp3) is 0.643. The molecule has 1 aromatic carbocycles. The maximum atomic E-state index is 13.9. The Bertz CT molecular complexity index is 1040. The number of hydrogen-bond donors (Lipinski definition) is 4. The zero-order valence-corrected chi connectivity index (χ0v) is 22.3. The minimum Gasteiger partial charge on any atom is -0.465 e. The first kappa shape index (κ1) is 27.9. The summed E-state index contributed by atoms with van der Waals surface area (Å²) < 4.78 is 0. The van der Waals surface area contributed by atoms with Crippen LogP contribution in [-0.4, -0.2) is 81.6 Å². The number of β-amino-alcohol motifs (C(OH)–C–C–N with tert-alkyl or cyclic N) is 1. The highest BCUT2D eigenvalue weighted by Gasteiger charge is 2.44. The van der Waals surface area contributed by atoms with Crippen molar-refractivity contribution < 1.29 is 29.4 Å². The quantitative estimate of drug-likeness (QED) is 0.428. The second kappa shape index (κ2) is 12.1. The topological polar surface area (TPSA) is 139 Å². The number of nitrogens with one attached hydrogen (secondary N) is 2. The molecule has 4 rings (SSSR count). The molecule has 0 bridgehead atoms. The van der Waals surface area contributed by atoms with E-state index in [1.54, 1.807) is 0 Å². The van der Waals surface area contributed by atoms with E-state index in [0.29, 0.717) is 0 Å². The smallest absolute Gasteiger partial charge is 0.407 e. The van der Waals surface area contributed by atoms with Gasteiger partial charge in [-0.15, -0.1) is 0 Å². The molecule has 2 fully saturated rings. The lowest BCUT2D eigenvalue weighted by Gasteiger charge is -2.36. The van der Waals surface area contributed by atoms with E-state index < -0.39 is 42.1 Å². The van der Waals surface area contributed by atoms with Crippen LogP contribution in [0, 0.1) is 5.92 Å². The standard InChI is InChI=1S/C28H40N4O6/c1-17(31(2)28(37)38)25(34)30-24(19-10-4-3-5-11-19)27(36)32-16-20(33)15-23(32)26(35)29-22-14-8-12-18-9-6-7-13-21(18)22/h6-7,9,13,17,19-20,22-24,33H,3-5,8,10-12,14-16H2,1-2H3,(H,29,35)(H,30,34)(H,37,38)/t17?,20-,22-,23+,24+/m1/s1. The molecule has 1 unspecified atom stereocenters. The zero-order chi connectivity index (χ0) is 27.4. The van der Waals surface area contributed by atoms with Gasteiger partial charge in [-0.2, -0.15) is 0 Å². The largest absolute Gasteiger partial charge is 0.465 e. The number of likely N-dealkylation sites (N-methyl/N-ethyl adjacent to an activating group) is 1. The molecule has 1 saturated carbocycles. The van der Waals surface area contributed by atoms with Crippen LogP contribution in [0.5, 0.6) is 0 Å². The van der Waals surface area contributed by atoms with Crippen LogP contribution in [0.25, 0.3) is 0 Å². The third-order valence-electron chi connectivity index (χ3n) is 8.50. The van der Waals surface area contributed by atoms with Crippen molar-refractivity contribution in [1.82, 2.24) is 20.4 Å². The van der Waals surface area contributed by atoms with Crippen molar-refractivity contribution in [2.24, 2.45) is 5.92 Å². The molecule has 10 nitrogen and oxygen atoms in total. The number of benzene rings is 1. The summed E-state index contributed by atoms with van der Waals surface area (Å²) in [6.45, 7) is 1.49. The Kier molecular flexibility index (Phi) is 8.91. The first-order valence-corrected chi connectivity index (χ1v) is 13.8. The summed E-state index contributed by atoms with van der Waals surface area (Å²) >= 11 is 0. The van der Waals surface area contributed by atoms with E-state index >= 15 is 0 Å². The lowest BCUT2D eigenvalue weighted by atomic mass is 9.83. The highest BCUT2D eigenvalue weighted by Crippen LogP contribution is 2.32. The van der Waals surface area contributed by atoms with E-state index in [9.17, 15) is 29.4 Å². The number of aryl methyl sites for hydroxylation is 1. The fourth-order valence-electron chi connectivity index (χ4n) is 6.12. The summed E-state index contributed by atoms with van der Waals surface area (Å²) in [7, 11) is 1.31. The average Bonchev–Trinajstić information content (AvgIpc) is 3.32. The molecule has 0 aromatic heterocycles. The Morgan fingerprint density at radius 2 is 1.76 bits per heavy atom. The van der Waals surface area contributed by atoms with Gasteiger partial charge >= 0.3 is 6.09 Å². The van der Waals surface area contributed by atoms with Crippen LogP contribution in [0.1, 0.15) is 75.5 Å². The Morgan fingerprint density at radius 3 is 2.47 bits per heavy atom. The number of hydrogen-bond acceptors (Lipinski definition) is 5. The second-order valence-corrected chi connectivity index (χ2v) is 11.0. The SMILES string of the molecule is CC(C(=O)N[C@H](C(=O)N1C[C@H](O)C[C@H]1C(=O)N[C@@H]1CCCc2ccccc21)C1CCCCC1)N(C)C(=O)O. The number of carbonyl (C=O) groups excluding carboxylic acids is 3. The third-order valence-corrected chi connectivity index (χ3v) is 8.50. The van der Waals surface area contributed by atoms with Crippen LogP contribution >= 0.6 is 0 Å². The predicted molar refractivity (Wildman–Crippen MR) is 140 cm³/mol. The van der Waals surface area contributed by atoms with E-state index in [2.05, 4.69) is 16.7 Å². The van der Waals surface area contributed by atoms with Gasteiger partial charge in [-0.05, 0) is 56.1 Å². The van der Waals surface area contributed by atoms with Gasteiger partial charge in [0.25, 0.3) is 0 Å². The molecule has 4 amide bonds. The fourth-order valence-corrected chi connectivity index (χ4v) is 6.12. The molecule has 4 N–H and O–H groups in total. The van der Waals surface area contributed by atoms with Gasteiger partial charge in [0.2, 0.25) is 17.7 Å². The number of rotatable bonds is 7. The Hall–Kier alpha value is -3.14. The molecule has 3 aliphatic rings. The number of amides is 4. The van der Waals surface area contributed by atoms with Crippen LogP contribution < -0.4 is 10.6 Å². The highest BCUT2D eigenvalue weighted by atomic mass is 16.4. The van der Waals surface area contributed by atoms with Crippen LogP contribution in [0.3, 0.4) is 0 Å². The van der Waals surface area contributed by atoms with Crippen LogP contribution in [0.15, 0.2) is 24.3 Å². The summed E-state index contributed by atoms with van der Waals surface area (Å²) in [4.78, 5) is 54.1. The first-order valence-electron chi connectivity index (χ1n) is 13.8. The van der Waals surface area contributed by atoms with Crippen molar-refractivity contribution in [3.05, 3.63) is 35.4 Å². The van der Waals surface area contributed by atoms with Crippen LogP contribution in [0.4, 0.5) is 4.79 Å². The van der Waals surface area contributed by atoms with Crippen molar-refractivity contribution in [1.29, 1.82) is 0 Å². The van der Waals surface area contributed by atoms with Crippen LogP contribution in [0.2, 0.25) is 0 Å². The highest BCUT2D eigenvalue weighted by molar-refractivity contribution is 5.94. The number of carbonyl (C=O) groups is 4. The van der Waals surface area contributed by atoms with Gasteiger partial charge in [-0.3, -0.25) is 19.3 Å². The number of aliphatic hydroxyl groups is 1. The normalized spacial score (nSPS) is 25.1. The van der Waals surface area contributed by atoms with Crippen molar-refractivity contribution in [2.75, 3.05) is 13.6 Å². The van der Waals surface area contributed by atoms with Crippen molar-refractivity contribution in [2.45, 2.75) is 95.0 Å². The molecule has 0 spiro atoms. The van der Waals surface area contributed by atoms with E-state index in [1.807, 2.05) is 18.2 Å². The number of fused-ring (bicyclic) bond motifs is 1. The first-order chi connectivity index (χ1) is 18.2. The molecule has 208 valence electrons. The van der Waals surface area contributed by atoms with Gasteiger partial charge in [0.05, 0.1) is 12.1 Å². The van der Waals surface area contributed by atoms with Gasteiger partial charge in [-0.25, -0.2) is 4.79 Å². The molecule has 1 aromatic rings. The van der Waals surface area contributed by atoms with Crippen molar-refractivity contribution in [3.8, 4) is 0 Å². The summed E-state index contributed by atoms with van der Waals surface area (Å²) in [5, 5.41) is 25.7. The van der Waals surface area contributed by atoms with E-state index in [1.165, 1.54) is 24.4 Å². The van der Waals surface area contributed by atoms with E-state index in [-0.39, 0.29) is 30.8 Å². The zero-order valence-electron chi connectivity index (χ0n) is 22.3. The Morgan fingerprint density at radius 1 is 1.05 bits per heavy atom. The molecular formula is C28H40N4O6. The van der Waals surface area contributed by atoms with Gasteiger partial charge in [0.1, 0.15) is 18.1 Å². The van der Waals surface area contributed by atoms with Gasteiger partial charge in [0, 0.05) is 20.0 Å². The number of nitrogens with zero attached hydrogens (tertiary/aromatic N) is 2. The Labute approximate surface area is 223 Å². The lowest BCUT2D eigenvalue weighted by Crippen LogP contribution is -2.58. The Balaban J connectivity index is 1.52. The second-order valence-electron chi connectivity index (χ2n) is 11.0. The summed E-state index contributed by atoms with van der Waals surface area (Å²) in [5.41, 5.74) is 2.30. The molecular weight excluding hydrogens is 488 g/mol. The van der Waals surface area contributed by atoms with Gasteiger partial charge in [-0.1, -0.05) is 43.5 Å². The molecule has 0 radical (unpaired) electrons. The minimum atomic E-state index is -1.24. The maximum absolute atomic E-state index is 13.9. The predicted octanol–water partition coefficient (Wildman–Crippen LogP) is 2.21. The van der Waals surface area contributed by atoms with Crippen molar-refractivity contribution in [3.63, 3.8) is 0 Å². The third kappa shape index (κ3) is 6.11. The monoisotopic (exact) mass is 528 g/mol. The molecule has 10 heteroatoms. The van der Waals surface area contributed by atoms with Crippen molar-refractivity contribution >= 4 is 23.8 Å².